The minimum absolute atomic E-state index is 0.0672. The topological polar surface area (TPSA) is 31.2 Å². The average Bonchev–Trinajstić information content (AvgIpc) is 4.03. The quantitative estimate of drug-likeness (QED) is 0.179. The van der Waals surface area contributed by atoms with Crippen molar-refractivity contribution in [1.29, 1.82) is 0 Å². The van der Waals surface area contributed by atoms with Gasteiger partial charge in [-0.05, 0) is 130 Å². The summed E-state index contributed by atoms with van der Waals surface area (Å²) in [5.41, 5.74) is 20.1. The highest BCUT2D eigenvalue weighted by atomic mass is 16.3. The highest BCUT2D eigenvalue weighted by Gasteiger charge is 2.47. The van der Waals surface area contributed by atoms with Gasteiger partial charge >= 0.3 is 0 Å². The zero-order chi connectivity index (χ0) is 40.0. The molecule has 0 saturated carbocycles. The number of hydrogen-bond acceptors (Lipinski definition) is 2. The molecule has 0 amide bonds. The van der Waals surface area contributed by atoms with Crippen LogP contribution in [0.5, 0.6) is 0 Å². The second-order valence-corrected chi connectivity index (χ2v) is 17.2. The Morgan fingerprint density at radius 1 is 0.459 bits per heavy atom. The third-order valence-corrected chi connectivity index (χ3v) is 14.2. The van der Waals surface area contributed by atoms with Gasteiger partial charge in [-0.25, -0.2) is 0 Å². The predicted molar refractivity (Wildman–Crippen MR) is 250 cm³/mol. The number of benzene rings is 9. The van der Waals surface area contributed by atoms with Gasteiger partial charge in [0, 0.05) is 49.3 Å². The molecule has 3 heterocycles. The van der Waals surface area contributed by atoms with Gasteiger partial charge < -0.3 is 13.4 Å². The number of hydrogen-bond donors (Lipinski definition) is 0. The van der Waals surface area contributed by atoms with Crippen molar-refractivity contribution < 1.29 is 8.83 Å². The van der Waals surface area contributed by atoms with Gasteiger partial charge in [-0.1, -0.05) is 127 Å². The molecule has 0 bridgehead atoms. The van der Waals surface area contributed by atoms with Crippen LogP contribution >= 0.6 is 0 Å². The molecule has 3 heteroatoms. The maximum Gasteiger partial charge on any atom is 0.135 e. The van der Waals surface area contributed by atoms with Gasteiger partial charge in [0.25, 0.3) is 0 Å². The standard InChI is InChI=1S/C58H37NO2/c1-58-47-21-8-5-15-37(47)40-19-11-20-41(57(40)58)43(39-18-12-24-53-55(39)42-17-7-10-23-51(42)60-53)33-45-48(58)27-30-54-56(45)46-32-35(26-29-52(46)61-54)34-25-28-50-44(31-34)38-16-6-9-22-49(38)59(50)36-13-3-2-4-14-36/h2-32,43H,33H2,1H3. The molecular weight excluding hydrogens is 743 g/mol. The van der Waals surface area contributed by atoms with Crippen LogP contribution in [0.15, 0.2) is 197 Å². The van der Waals surface area contributed by atoms with Gasteiger partial charge in [-0.2, -0.15) is 0 Å². The van der Waals surface area contributed by atoms with Crippen LogP contribution in [0.1, 0.15) is 46.2 Å². The Morgan fingerprint density at radius 2 is 1.10 bits per heavy atom. The molecule has 0 fully saturated rings. The summed E-state index contributed by atoms with van der Waals surface area (Å²) in [5, 5.41) is 7.23. The van der Waals surface area contributed by atoms with E-state index in [1.807, 2.05) is 0 Å². The maximum atomic E-state index is 6.83. The minimum Gasteiger partial charge on any atom is -0.456 e. The normalized spacial score (nSPS) is 16.8. The van der Waals surface area contributed by atoms with Crippen molar-refractivity contribution in [2.75, 3.05) is 0 Å². The molecular formula is C58H37NO2. The van der Waals surface area contributed by atoms with E-state index in [-0.39, 0.29) is 11.3 Å². The van der Waals surface area contributed by atoms with Crippen LogP contribution in [0.2, 0.25) is 0 Å². The molecule has 14 rings (SSSR count). The van der Waals surface area contributed by atoms with Crippen LogP contribution in [0.25, 0.3) is 93.6 Å². The summed E-state index contributed by atoms with van der Waals surface area (Å²) in [6.45, 7) is 2.47. The summed E-state index contributed by atoms with van der Waals surface area (Å²) in [6, 6.07) is 69.0. The fourth-order valence-corrected chi connectivity index (χ4v) is 11.7. The van der Waals surface area contributed by atoms with Crippen LogP contribution < -0.4 is 0 Å². The smallest absolute Gasteiger partial charge is 0.135 e. The van der Waals surface area contributed by atoms with E-state index >= 15 is 0 Å². The number of para-hydroxylation sites is 3. The highest BCUT2D eigenvalue weighted by Crippen LogP contribution is 2.59. The minimum atomic E-state index is -0.369. The van der Waals surface area contributed by atoms with E-state index in [9.17, 15) is 0 Å². The molecule has 3 nitrogen and oxygen atoms in total. The monoisotopic (exact) mass is 779 g/mol. The second-order valence-electron chi connectivity index (χ2n) is 17.2. The molecule has 3 aromatic heterocycles. The second kappa shape index (κ2) is 12.0. The summed E-state index contributed by atoms with van der Waals surface area (Å²) in [7, 11) is 0. The molecule has 0 radical (unpaired) electrons. The summed E-state index contributed by atoms with van der Waals surface area (Å²) in [6.07, 6.45) is 0.823. The van der Waals surface area contributed by atoms with Crippen molar-refractivity contribution in [1.82, 2.24) is 4.57 Å². The van der Waals surface area contributed by atoms with Crippen LogP contribution in [0.3, 0.4) is 0 Å². The molecule has 0 aliphatic heterocycles. The first-order chi connectivity index (χ1) is 30.1. The van der Waals surface area contributed by atoms with E-state index in [2.05, 4.69) is 200 Å². The maximum absolute atomic E-state index is 6.83. The van der Waals surface area contributed by atoms with Gasteiger partial charge in [-0.15, -0.1) is 0 Å². The molecule has 2 aliphatic rings. The summed E-state index contributed by atoms with van der Waals surface area (Å²) >= 11 is 0. The Kier molecular flexibility index (Phi) is 6.53. The first kappa shape index (κ1) is 33.2. The van der Waals surface area contributed by atoms with Crippen LogP contribution in [0.4, 0.5) is 0 Å². The Morgan fingerprint density at radius 3 is 2.00 bits per heavy atom. The highest BCUT2D eigenvalue weighted by molar-refractivity contribution is 6.13. The van der Waals surface area contributed by atoms with Crippen molar-refractivity contribution in [2.45, 2.75) is 24.7 Å². The van der Waals surface area contributed by atoms with Crippen molar-refractivity contribution >= 4 is 65.7 Å². The predicted octanol–water partition coefficient (Wildman–Crippen LogP) is 15.3. The van der Waals surface area contributed by atoms with Crippen molar-refractivity contribution in [3.63, 3.8) is 0 Å². The van der Waals surface area contributed by atoms with Gasteiger partial charge in [0.15, 0.2) is 0 Å². The number of aromatic nitrogens is 1. The van der Waals surface area contributed by atoms with E-state index in [0.29, 0.717) is 0 Å². The first-order valence-electron chi connectivity index (χ1n) is 21.3. The van der Waals surface area contributed by atoms with Crippen LogP contribution in [-0.2, 0) is 11.8 Å². The fourth-order valence-electron chi connectivity index (χ4n) is 11.7. The van der Waals surface area contributed by atoms with Crippen LogP contribution in [0, 0.1) is 0 Å². The molecule has 286 valence electrons. The Bertz CT molecular complexity index is 3820. The number of nitrogens with zero attached hydrogens (tertiary/aromatic N) is 1. The fraction of sp³-hybridized carbons (Fsp3) is 0.0690. The lowest BCUT2D eigenvalue weighted by Gasteiger charge is -2.30. The molecule has 12 aromatic rings. The zero-order valence-electron chi connectivity index (χ0n) is 33.4. The average molecular weight is 780 g/mol. The van der Waals surface area contributed by atoms with E-state index in [4.69, 9.17) is 8.83 Å². The number of furan rings is 2. The molecule has 2 aliphatic carbocycles. The lowest BCUT2D eigenvalue weighted by atomic mass is 9.72. The molecule has 0 spiro atoms. The van der Waals surface area contributed by atoms with Gasteiger partial charge in [0.05, 0.1) is 11.0 Å². The SMILES string of the molecule is CC12c3ccccc3-c3cccc(c31)C(c1cccc3oc4ccccc4c13)Cc1c2ccc2oc3ccc(-c4ccc5c(c4)c4ccccc4n5-c4ccccc4)cc3c12. The number of rotatable bonds is 3. The third kappa shape index (κ3) is 4.37. The van der Waals surface area contributed by atoms with Crippen molar-refractivity contribution in [2.24, 2.45) is 0 Å². The Labute approximate surface area is 351 Å². The molecule has 0 saturated heterocycles. The van der Waals surface area contributed by atoms with Gasteiger partial charge in [-0.3, -0.25) is 0 Å². The zero-order valence-corrected chi connectivity index (χ0v) is 33.4. The number of fused-ring (bicyclic) bond motifs is 15. The van der Waals surface area contributed by atoms with Gasteiger partial charge in [0.1, 0.15) is 22.3 Å². The van der Waals surface area contributed by atoms with Crippen molar-refractivity contribution in [3.8, 4) is 27.9 Å². The molecule has 2 unspecified atom stereocenters. The van der Waals surface area contributed by atoms with Crippen LogP contribution in [-0.4, -0.2) is 4.57 Å². The molecule has 2 atom stereocenters. The summed E-state index contributed by atoms with van der Waals surface area (Å²) < 4.78 is 15.7. The van der Waals surface area contributed by atoms with E-state index in [1.54, 1.807) is 0 Å². The molecule has 9 aromatic carbocycles. The van der Waals surface area contributed by atoms with Crippen molar-refractivity contribution in [3.05, 3.63) is 221 Å². The lowest BCUT2D eigenvalue weighted by molar-refractivity contribution is 0.666. The molecule has 0 N–H and O–H groups in total. The summed E-state index contributed by atoms with van der Waals surface area (Å²) in [4.78, 5) is 0. The largest absolute Gasteiger partial charge is 0.456 e. The molecule has 61 heavy (non-hydrogen) atoms. The lowest BCUT2D eigenvalue weighted by Crippen LogP contribution is -2.24. The first-order valence-corrected chi connectivity index (χ1v) is 21.3. The van der Waals surface area contributed by atoms with Gasteiger partial charge in [0.2, 0.25) is 0 Å². The van der Waals surface area contributed by atoms with E-state index in [1.165, 1.54) is 88.2 Å². The summed E-state index contributed by atoms with van der Waals surface area (Å²) in [5.74, 6) is 0.0672. The Hall–Kier alpha value is -7.62. The van der Waals surface area contributed by atoms with E-state index in [0.717, 1.165) is 45.2 Å². The Balaban J connectivity index is 1.03. The van der Waals surface area contributed by atoms with E-state index < -0.39 is 0 Å². The third-order valence-electron chi connectivity index (χ3n) is 14.2.